The van der Waals surface area contributed by atoms with Crippen molar-refractivity contribution in [1.82, 2.24) is 0 Å². The highest BCUT2D eigenvalue weighted by Crippen LogP contribution is 2.56. The molecule has 16 heavy (non-hydrogen) atoms. The van der Waals surface area contributed by atoms with E-state index in [9.17, 15) is 9.30 Å². The normalized spacial score (nSPS) is 28.7. The maximum Gasteiger partial charge on any atom is 0.155 e. The Morgan fingerprint density at radius 3 is 2.88 bits per heavy atom. The second-order valence-corrected chi connectivity index (χ2v) is 4.62. The number of hydrogen-bond donors (Lipinski definition) is 0. The van der Waals surface area contributed by atoms with Crippen LogP contribution in [0, 0.1) is 10.7 Å². The summed E-state index contributed by atoms with van der Waals surface area (Å²) in [6.07, 6.45) is -0.240. The quantitative estimate of drug-likeness (QED) is 0.543. The predicted octanol–water partition coefficient (Wildman–Crippen LogP) is 2.83. The van der Waals surface area contributed by atoms with Crippen molar-refractivity contribution in [2.24, 2.45) is 5.18 Å². The Balaban J connectivity index is 2.19. The highest BCUT2D eigenvalue weighted by atomic mass is 19.1. The lowest BCUT2D eigenvalue weighted by atomic mass is 9.94. The Morgan fingerprint density at radius 2 is 2.19 bits per heavy atom. The third-order valence-electron chi connectivity index (χ3n) is 3.01. The maximum atomic E-state index is 13.2. The first-order chi connectivity index (χ1) is 7.53. The van der Waals surface area contributed by atoms with Crippen molar-refractivity contribution < 1.29 is 13.9 Å². The van der Waals surface area contributed by atoms with Crippen LogP contribution in [-0.4, -0.2) is 11.7 Å². The van der Waals surface area contributed by atoms with Gasteiger partial charge in [0.05, 0.1) is 0 Å². The van der Waals surface area contributed by atoms with Gasteiger partial charge < -0.3 is 9.47 Å². The molecule has 2 atom stereocenters. The van der Waals surface area contributed by atoms with Crippen molar-refractivity contribution in [3.8, 4) is 5.75 Å². The highest BCUT2D eigenvalue weighted by molar-refractivity contribution is 5.59. The summed E-state index contributed by atoms with van der Waals surface area (Å²) in [5.41, 5.74) is 0.0746. The van der Waals surface area contributed by atoms with Crippen LogP contribution in [0.1, 0.15) is 25.5 Å². The molecular formula is C11H10FNO3. The van der Waals surface area contributed by atoms with Crippen molar-refractivity contribution in [3.05, 3.63) is 28.4 Å². The summed E-state index contributed by atoms with van der Waals surface area (Å²) >= 11 is 0. The van der Waals surface area contributed by atoms with Crippen LogP contribution in [0.3, 0.4) is 0 Å². The fraction of sp³-hybridized carbons (Fsp3) is 0.455. The Hall–Kier alpha value is -1.49. The lowest BCUT2D eigenvalue weighted by Gasteiger charge is -2.29. The molecule has 2 heterocycles. The largest absolute Gasteiger partial charge is 0.482 e. The molecule has 0 aromatic heterocycles. The molecular weight excluding hydrogens is 213 g/mol. The molecule has 0 amide bonds. The Kier molecular flexibility index (Phi) is 1.70. The second-order valence-electron chi connectivity index (χ2n) is 4.62. The fourth-order valence-electron chi connectivity index (χ4n) is 2.19. The lowest BCUT2D eigenvalue weighted by molar-refractivity contribution is 0.0731. The van der Waals surface area contributed by atoms with Crippen LogP contribution in [0.25, 0.3) is 0 Å². The summed E-state index contributed by atoms with van der Waals surface area (Å²) < 4.78 is 24.3. The molecule has 84 valence electrons. The number of hydrogen-bond acceptors (Lipinski definition) is 4. The van der Waals surface area contributed by atoms with E-state index in [0.29, 0.717) is 11.3 Å². The van der Waals surface area contributed by atoms with Gasteiger partial charge in [0, 0.05) is 11.6 Å². The van der Waals surface area contributed by atoms with Crippen molar-refractivity contribution in [3.63, 3.8) is 0 Å². The number of epoxide rings is 1. The van der Waals surface area contributed by atoms with E-state index < -0.39 is 11.4 Å². The summed E-state index contributed by atoms with van der Waals surface area (Å²) in [5.74, 6) is -0.147. The Morgan fingerprint density at radius 1 is 1.44 bits per heavy atom. The van der Waals surface area contributed by atoms with Crippen LogP contribution in [0.5, 0.6) is 5.75 Å². The first-order valence-electron chi connectivity index (χ1n) is 5.04. The first kappa shape index (κ1) is 9.72. The van der Waals surface area contributed by atoms with Crippen molar-refractivity contribution in [1.29, 1.82) is 0 Å². The van der Waals surface area contributed by atoms with E-state index in [0.717, 1.165) is 6.07 Å². The molecule has 4 nitrogen and oxygen atoms in total. The van der Waals surface area contributed by atoms with Crippen LogP contribution in [-0.2, 0) is 4.74 Å². The summed E-state index contributed by atoms with van der Waals surface area (Å²) in [4.78, 5) is 10.6. The van der Waals surface area contributed by atoms with E-state index in [1.807, 2.05) is 13.8 Å². The van der Waals surface area contributed by atoms with Crippen LogP contribution in [0.15, 0.2) is 17.3 Å². The number of benzene rings is 1. The summed E-state index contributed by atoms with van der Waals surface area (Å²) in [6.45, 7) is 3.75. The van der Waals surface area contributed by atoms with Gasteiger partial charge >= 0.3 is 0 Å². The Bertz CT molecular complexity index is 486. The number of ether oxygens (including phenoxy) is 2. The molecule has 1 aromatic carbocycles. The van der Waals surface area contributed by atoms with Crippen LogP contribution < -0.4 is 4.74 Å². The van der Waals surface area contributed by atoms with Gasteiger partial charge in [0.1, 0.15) is 23.6 Å². The molecule has 2 aliphatic rings. The zero-order valence-electron chi connectivity index (χ0n) is 8.86. The van der Waals surface area contributed by atoms with E-state index in [2.05, 4.69) is 5.18 Å². The maximum absolute atomic E-state index is 13.2. The van der Waals surface area contributed by atoms with Gasteiger partial charge in [-0.1, -0.05) is 0 Å². The third kappa shape index (κ3) is 1.18. The molecule has 3 rings (SSSR count). The molecule has 1 aromatic rings. The van der Waals surface area contributed by atoms with E-state index in [4.69, 9.17) is 9.47 Å². The van der Waals surface area contributed by atoms with E-state index in [-0.39, 0.29) is 17.9 Å². The molecule has 5 heteroatoms. The molecule has 0 saturated carbocycles. The molecule has 0 radical (unpaired) electrons. The molecule has 0 spiro atoms. The van der Waals surface area contributed by atoms with E-state index in [1.165, 1.54) is 6.07 Å². The summed E-state index contributed by atoms with van der Waals surface area (Å²) in [7, 11) is 0. The standard InChI is InChI=1S/C11H10FNO3/c1-11(2)10-9(15-10)6-3-5(12)4-7(13-14)8(6)16-11/h3-4,9-10H,1-2H3. The van der Waals surface area contributed by atoms with Crippen LogP contribution in [0.4, 0.5) is 10.1 Å². The van der Waals surface area contributed by atoms with Crippen molar-refractivity contribution >= 4 is 5.69 Å². The molecule has 0 bridgehead atoms. The average Bonchev–Trinajstić information content (AvgIpc) is 2.99. The molecule has 2 unspecified atom stereocenters. The molecule has 1 saturated heterocycles. The van der Waals surface area contributed by atoms with Crippen molar-refractivity contribution in [2.45, 2.75) is 31.7 Å². The minimum atomic E-state index is -0.505. The van der Waals surface area contributed by atoms with E-state index >= 15 is 0 Å². The van der Waals surface area contributed by atoms with Gasteiger partial charge in [0.25, 0.3) is 0 Å². The third-order valence-corrected chi connectivity index (χ3v) is 3.01. The predicted molar refractivity (Wildman–Crippen MR) is 54.2 cm³/mol. The number of halogens is 1. The fourth-order valence-corrected chi connectivity index (χ4v) is 2.19. The van der Waals surface area contributed by atoms with Gasteiger partial charge in [-0.25, -0.2) is 4.39 Å². The number of nitrogens with zero attached hydrogens (tertiary/aromatic N) is 1. The van der Waals surface area contributed by atoms with Crippen LogP contribution in [0.2, 0.25) is 0 Å². The molecule has 1 fully saturated rings. The zero-order chi connectivity index (χ0) is 11.5. The lowest BCUT2D eigenvalue weighted by Crippen LogP contribution is -2.37. The van der Waals surface area contributed by atoms with Crippen molar-refractivity contribution in [2.75, 3.05) is 0 Å². The van der Waals surface area contributed by atoms with Gasteiger partial charge in [-0.15, -0.1) is 4.91 Å². The monoisotopic (exact) mass is 223 g/mol. The highest BCUT2D eigenvalue weighted by Gasteiger charge is 2.57. The number of rotatable bonds is 1. The minimum Gasteiger partial charge on any atom is -0.482 e. The summed E-state index contributed by atoms with van der Waals surface area (Å²) in [5, 5.41) is 2.79. The smallest absolute Gasteiger partial charge is 0.155 e. The van der Waals surface area contributed by atoms with Gasteiger partial charge in [-0.05, 0) is 25.1 Å². The minimum absolute atomic E-state index is 0.00275. The van der Waals surface area contributed by atoms with Gasteiger partial charge in [0.15, 0.2) is 11.4 Å². The summed E-state index contributed by atoms with van der Waals surface area (Å²) in [6, 6.07) is 2.41. The topological polar surface area (TPSA) is 51.2 Å². The SMILES string of the molecule is CC1(C)Oc2c(N=O)cc(F)cc2C2OC21. The molecule has 0 aliphatic carbocycles. The van der Waals surface area contributed by atoms with Gasteiger partial charge in [-0.2, -0.15) is 0 Å². The Labute approximate surface area is 91.3 Å². The number of fused-ring (bicyclic) bond motifs is 3. The van der Waals surface area contributed by atoms with Crippen LogP contribution >= 0.6 is 0 Å². The molecule has 2 aliphatic heterocycles. The average molecular weight is 223 g/mol. The first-order valence-corrected chi connectivity index (χ1v) is 5.04. The second kappa shape index (κ2) is 2.79. The van der Waals surface area contributed by atoms with E-state index in [1.54, 1.807) is 0 Å². The molecule has 0 N–H and O–H groups in total. The number of nitroso groups, excluding NO2 is 1. The zero-order valence-corrected chi connectivity index (χ0v) is 8.86. The van der Waals surface area contributed by atoms with Gasteiger partial charge in [-0.3, -0.25) is 0 Å². The van der Waals surface area contributed by atoms with Gasteiger partial charge in [0.2, 0.25) is 0 Å².